The number of benzene rings is 1. The van der Waals surface area contributed by atoms with Gasteiger partial charge in [0.25, 0.3) is 0 Å². The molecule has 1 aromatic rings. The summed E-state index contributed by atoms with van der Waals surface area (Å²) < 4.78 is 18.5. The first kappa shape index (κ1) is 9.43. The monoisotopic (exact) mass is 197 g/mol. The number of phenolic OH excluding ortho intramolecular Hbond substituents is 1. The van der Waals surface area contributed by atoms with Crippen molar-refractivity contribution in [1.29, 1.82) is 0 Å². The van der Waals surface area contributed by atoms with Gasteiger partial charge in [-0.05, 0) is 17.7 Å². The van der Waals surface area contributed by atoms with Crippen LogP contribution in [0.2, 0.25) is 0 Å². The highest BCUT2D eigenvalue weighted by Gasteiger charge is 2.16. The summed E-state index contributed by atoms with van der Waals surface area (Å²) in [4.78, 5) is 0. The second kappa shape index (κ2) is 3.94. The average Bonchev–Trinajstić information content (AvgIpc) is 2.23. The molecule has 1 aliphatic rings. The van der Waals surface area contributed by atoms with E-state index in [1.165, 1.54) is 12.1 Å². The molecule has 0 saturated carbocycles. The van der Waals surface area contributed by atoms with Gasteiger partial charge in [-0.2, -0.15) is 0 Å². The predicted octanol–water partition coefficient (Wildman–Crippen LogP) is 1.19. The average molecular weight is 197 g/mol. The van der Waals surface area contributed by atoms with Gasteiger partial charge in [-0.25, -0.2) is 4.39 Å². The van der Waals surface area contributed by atoms with Crippen LogP contribution in [0.3, 0.4) is 0 Å². The van der Waals surface area contributed by atoms with Gasteiger partial charge in [0, 0.05) is 13.1 Å². The summed E-state index contributed by atoms with van der Waals surface area (Å²) in [6, 6.07) is 4.34. The van der Waals surface area contributed by atoms with Crippen LogP contribution in [0.1, 0.15) is 11.7 Å². The fourth-order valence-corrected chi connectivity index (χ4v) is 1.50. The van der Waals surface area contributed by atoms with Crippen LogP contribution in [0.4, 0.5) is 4.39 Å². The molecule has 14 heavy (non-hydrogen) atoms. The third-order valence-corrected chi connectivity index (χ3v) is 2.27. The van der Waals surface area contributed by atoms with Crippen LogP contribution in [0.25, 0.3) is 0 Å². The number of halogens is 1. The van der Waals surface area contributed by atoms with E-state index in [9.17, 15) is 4.39 Å². The zero-order valence-electron chi connectivity index (χ0n) is 7.66. The maximum atomic E-state index is 13.0. The lowest BCUT2D eigenvalue weighted by atomic mass is 10.1. The normalized spacial score (nSPS) is 22.2. The zero-order chi connectivity index (χ0) is 9.97. The topological polar surface area (TPSA) is 41.5 Å². The highest BCUT2D eigenvalue weighted by Crippen LogP contribution is 2.23. The van der Waals surface area contributed by atoms with E-state index < -0.39 is 5.82 Å². The summed E-state index contributed by atoms with van der Waals surface area (Å²) in [7, 11) is 0. The molecule has 1 atom stereocenters. The van der Waals surface area contributed by atoms with Crippen molar-refractivity contribution in [3.8, 4) is 5.75 Å². The van der Waals surface area contributed by atoms with Crippen molar-refractivity contribution in [2.75, 3.05) is 19.7 Å². The predicted molar refractivity (Wildman–Crippen MR) is 49.6 cm³/mol. The number of morpholine rings is 1. The van der Waals surface area contributed by atoms with E-state index in [1.54, 1.807) is 6.07 Å². The fraction of sp³-hybridized carbons (Fsp3) is 0.400. The Morgan fingerprint density at radius 2 is 2.36 bits per heavy atom. The summed E-state index contributed by atoms with van der Waals surface area (Å²) in [5.74, 6) is -0.922. The van der Waals surface area contributed by atoms with Gasteiger partial charge >= 0.3 is 0 Å². The van der Waals surface area contributed by atoms with Crippen LogP contribution in [-0.2, 0) is 4.74 Å². The second-order valence-electron chi connectivity index (χ2n) is 3.27. The Morgan fingerprint density at radius 3 is 3.00 bits per heavy atom. The van der Waals surface area contributed by atoms with Gasteiger partial charge in [0.2, 0.25) is 0 Å². The molecule has 1 fully saturated rings. The molecular formula is C10H12FNO2. The molecule has 0 bridgehead atoms. The number of nitrogens with one attached hydrogen (secondary N) is 1. The zero-order valence-corrected chi connectivity index (χ0v) is 7.66. The summed E-state index contributed by atoms with van der Waals surface area (Å²) in [6.45, 7) is 2.15. The van der Waals surface area contributed by atoms with E-state index in [1.807, 2.05) is 0 Å². The van der Waals surface area contributed by atoms with Crippen LogP contribution in [-0.4, -0.2) is 24.8 Å². The molecule has 0 radical (unpaired) electrons. The Hall–Kier alpha value is -1.13. The number of hydrogen-bond donors (Lipinski definition) is 2. The van der Waals surface area contributed by atoms with Crippen LogP contribution in [0.5, 0.6) is 5.75 Å². The Kier molecular flexibility index (Phi) is 2.65. The van der Waals surface area contributed by atoms with E-state index >= 15 is 0 Å². The molecular weight excluding hydrogens is 185 g/mol. The van der Waals surface area contributed by atoms with Crippen molar-refractivity contribution in [3.63, 3.8) is 0 Å². The third kappa shape index (κ3) is 1.86. The standard InChI is InChI=1S/C10H12FNO2/c11-8-5-7(1-2-9(8)13)10-6-12-3-4-14-10/h1-2,5,10,12-13H,3-4,6H2. The Morgan fingerprint density at radius 1 is 1.50 bits per heavy atom. The lowest BCUT2D eigenvalue weighted by Gasteiger charge is -2.23. The molecule has 4 heteroatoms. The van der Waals surface area contributed by atoms with Crippen LogP contribution < -0.4 is 5.32 Å². The molecule has 2 N–H and O–H groups in total. The Balaban J connectivity index is 2.18. The van der Waals surface area contributed by atoms with Gasteiger partial charge in [-0.3, -0.25) is 0 Å². The first-order chi connectivity index (χ1) is 6.77. The number of ether oxygens (including phenoxy) is 1. The summed E-state index contributed by atoms with van der Waals surface area (Å²) >= 11 is 0. The molecule has 1 saturated heterocycles. The smallest absolute Gasteiger partial charge is 0.165 e. The molecule has 0 amide bonds. The minimum atomic E-state index is -0.600. The van der Waals surface area contributed by atoms with Gasteiger partial charge in [0.15, 0.2) is 11.6 Å². The number of aromatic hydroxyl groups is 1. The highest BCUT2D eigenvalue weighted by atomic mass is 19.1. The maximum Gasteiger partial charge on any atom is 0.165 e. The maximum absolute atomic E-state index is 13.0. The van der Waals surface area contributed by atoms with Gasteiger partial charge < -0.3 is 15.2 Å². The highest BCUT2D eigenvalue weighted by molar-refractivity contribution is 5.29. The molecule has 1 unspecified atom stereocenters. The number of rotatable bonds is 1. The minimum Gasteiger partial charge on any atom is -0.505 e. The van der Waals surface area contributed by atoms with E-state index in [0.717, 1.165) is 12.1 Å². The van der Waals surface area contributed by atoms with Gasteiger partial charge in [-0.15, -0.1) is 0 Å². The minimum absolute atomic E-state index is 0.112. The molecule has 0 aliphatic carbocycles. The van der Waals surface area contributed by atoms with Crippen LogP contribution in [0, 0.1) is 5.82 Å². The lowest BCUT2D eigenvalue weighted by molar-refractivity contribution is 0.0275. The number of hydrogen-bond acceptors (Lipinski definition) is 3. The first-order valence-electron chi connectivity index (χ1n) is 4.58. The van der Waals surface area contributed by atoms with Crippen LogP contribution >= 0.6 is 0 Å². The molecule has 0 spiro atoms. The SMILES string of the molecule is Oc1ccc(C2CNCCO2)cc1F. The number of phenols is 1. The quantitative estimate of drug-likeness (QED) is 0.710. The Labute approximate surface area is 81.5 Å². The molecule has 3 nitrogen and oxygen atoms in total. The molecule has 1 aromatic carbocycles. The van der Waals surface area contributed by atoms with Gasteiger partial charge in [0.1, 0.15) is 0 Å². The molecule has 1 aliphatic heterocycles. The molecule has 76 valence electrons. The van der Waals surface area contributed by atoms with Crippen molar-refractivity contribution < 1.29 is 14.2 Å². The van der Waals surface area contributed by atoms with Gasteiger partial charge in [-0.1, -0.05) is 6.07 Å². The molecule has 2 rings (SSSR count). The van der Waals surface area contributed by atoms with Crippen LogP contribution in [0.15, 0.2) is 18.2 Å². The van der Waals surface area contributed by atoms with Crippen molar-refractivity contribution >= 4 is 0 Å². The third-order valence-electron chi connectivity index (χ3n) is 2.27. The van der Waals surface area contributed by atoms with Crippen molar-refractivity contribution in [2.45, 2.75) is 6.10 Å². The summed E-state index contributed by atoms with van der Waals surface area (Å²) in [5.41, 5.74) is 0.757. The molecule has 0 aromatic heterocycles. The van der Waals surface area contributed by atoms with Crippen molar-refractivity contribution in [1.82, 2.24) is 5.32 Å². The Bertz CT molecular complexity index is 324. The van der Waals surface area contributed by atoms with Crippen molar-refractivity contribution in [3.05, 3.63) is 29.6 Å². The van der Waals surface area contributed by atoms with Gasteiger partial charge in [0.05, 0.1) is 12.7 Å². The summed E-state index contributed by atoms with van der Waals surface area (Å²) in [6.07, 6.45) is -0.112. The second-order valence-corrected chi connectivity index (χ2v) is 3.27. The fourth-order valence-electron chi connectivity index (χ4n) is 1.50. The largest absolute Gasteiger partial charge is 0.505 e. The lowest BCUT2D eigenvalue weighted by Crippen LogP contribution is -2.33. The molecule has 1 heterocycles. The summed E-state index contributed by atoms with van der Waals surface area (Å²) in [5, 5.41) is 12.2. The van der Waals surface area contributed by atoms with E-state index in [0.29, 0.717) is 13.2 Å². The van der Waals surface area contributed by atoms with Crippen molar-refractivity contribution in [2.24, 2.45) is 0 Å². The van der Waals surface area contributed by atoms with E-state index in [-0.39, 0.29) is 11.9 Å². The first-order valence-corrected chi connectivity index (χ1v) is 4.58. The van der Waals surface area contributed by atoms with E-state index in [2.05, 4.69) is 5.32 Å². The van der Waals surface area contributed by atoms with E-state index in [4.69, 9.17) is 9.84 Å².